The first-order chi connectivity index (χ1) is 17.9. The quantitative estimate of drug-likeness (QED) is 0.587. The molecule has 0 aliphatic carbocycles. The number of carbonyl (C=O) groups is 2. The number of nitrogens with zero attached hydrogens (tertiary/aromatic N) is 3. The van der Waals surface area contributed by atoms with Crippen LogP contribution in [0.3, 0.4) is 0 Å². The summed E-state index contributed by atoms with van der Waals surface area (Å²) in [5.74, 6) is 0.122. The number of nitrogens with one attached hydrogen (secondary N) is 1. The Labute approximate surface area is 217 Å². The molecule has 5 rings (SSSR count). The standard InChI is InChI=1S/C26H32N4O6S/c31-25-19-36-24-9-6-21(18-23(24)30(25)13-12-28-10-2-1-3-11-28)27-26(32)20-4-7-22(8-5-20)37(33,34)29-14-16-35-17-15-29/h4-9,18H,1-3,10-17,19H2,(H,27,32). The Kier molecular flexibility index (Phi) is 7.75. The second-order valence-electron chi connectivity index (χ2n) is 9.41. The van der Waals surface area contributed by atoms with Crippen LogP contribution in [-0.2, 0) is 19.6 Å². The van der Waals surface area contributed by atoms with E-state index in [9.17, 15) is 18.0 Å². The van der Waals surface area contributed by atoms with Gasteiger partial charge in [-0.25, -0.2) is 8.42 Å². The van der Waals surface area contributed by atoms with Gasteiger partial charge in [0.1, 0.15) is 5.75 Å². The third kappa shape index (κ3) is 5.80. The van der Waals surface area contributed by atoms with Crippen LogP contribution in [0.5, 0.6) is 5.75 Å². The van der Waals surface area contributed by atoms with Crippen molar-refractivity contribution in [1.82, 2.24) is 9.21 Å². The van der Waals surface area contributed by atoms with Crippen molar-refractivity contribution in [2.75, 3.05) is 69.3 Å². The largest absolute Gasteiger partial charge is 0.482 e. The number of fused-ring (bicyclic) bond motifs is 1. The lowest BCUT2D eigenvalue weighted by Crippen LogP contribution is -2.44. The molecule has 3 aliphatic heterocycles. The van der Waals surface area contributed by atoms with Crippen molar-refractivity contribution in [1.29, 1.82) is 0 Å². The van der Waals surface area contributed by atoms with Gasteiger partial charge in [-0.1, -0.05) is 6.42 Å². The summed E-state index contributed by atoms with van der Waals surface area (Å²) in [4.78, 5) is 29.8. The van der Waals surface area contributed by atoms with Crippen LogP contribution < -0.4 is 15.0 Å². The number of rotatable bonds is 7. The molecule has 10 nitrogen and oxygen atoms in total. The number of benzene rings is 2. The number of hydrogen-bond acceptors (Lipinski definition) is 7. The topological polar surface area (TPSA) is 108 Å². The van der Waals surface area contributed by atoms with E-state index in [-0.39, 0.29) is 23.3 Å². The molecule has 198 valence electrons. The SMILES string of the molecule is O=C(Nc1ccc2c(c1)N(CCN1CCCCC1)C(=O)CO2)c1ccc(S(=O)(=O)N2CCOCC2)cc1. The normalized spacial score (nSPS) is 19.2. The van der Waals surface area contributed by atoms with Crippen molar-refractivity contribution in [3.05, 3.63) is 48.0 Å². The van der Waals surface area contributed by atoms with Gasteiger partial charge in [0.05, 0.1) is 23.8 Å². The van der Waals surface area contributed by atoms with Crippen molar-refractivity contribution in [3.8, 4) is 5.75 Å². The average Bonchev–Trinajstić information content (AvgIpc) is 2.93. The van der Waals surface area contributed by atoms with Crippen LogP contribution in [0.2, 0.25) is 0 Å². The van der Waals surface area contributed by atoms with Gasteiger partial charge >= 0.3 is 0 Å². The number of hydrogen-bond donors (Lipinski definition) is 1. The highest BCUT2D eigenvalue weighted by Crippen LogP contribution is 2.34. The maximum absolute atomic E-state index is 12.9. The first-order valence-corrected chi connectivity index (χ1v) is 14.1. The van der Waals surface area contributed by atoms with Crippen LogP contribution in [0, 0.1) is 0 Å². The van der Waals surface area contributed by atoms with Crippen molar-refractivity contribution in [2.24, 2.45) is 0 Å². The number of carbonyl (C=O) groups excluding carboxylic acids is 2. The molecule has 1 N–H and O–H groups in total. The molecule has 3 aliphatic rings. The molecule has 2 aromatic rings. The van der Waals surface area contributed by atoms with Crippen LogP contribution in [-0.4, -0.2) is 88.5 Å². The summed E-state index contributed by atoms with van der Waals surface area (Å²) in [7, 11) is -3.63. The zero-order chi connectivity index (χ0) is 25.8. The summed E-state index contributed by atoms with van der Waals surface area (Å²) in [6, 6.07) is 11.1. The van der Waals surface area contributed by atoms with E-state index in [1.807, 2.05) is 0 Å². The molecule has 0 atom stereocenters. The van der Waals surface area contributed by atoms with Gasteiger partial charge in [0.2, 0.25) is 10.0 Å². The van der Waals surface area contributed by atoms with Gasteiger partial charge in [0.25, 0.3) is 11.8 Å². The van der Waals surface area contributed by atoms with Crippen molar-refractivity contribution in [2.45, 2.75) is 24.2 Å². The first-order valence-electron chi connectivity index (χ1n) is 12.7. The molecular weight excluding hydrogens is 496 g/mol. The highest BCUT2D eigenvalue weighted by Gasteiger charge is 2.28. The van der Waals surface area contributed by atoms with Crippen molar-refractivity contribution in [3.63, 3.8) is 0 Å². The Hall–Kier alpha value is -2.99. The van der Waals surface area contributed by atoms with E-state index in [2.05, 4.69) is 10.2 Å². The monoisotopic (exact) mass is 528 g/mol. The number of morpholine rings is 1. The summed E-state index contributed by atoms with van der Waals surface area (Å²) in [6.07, 6.45) is 3.62. The van der Waals surface area contributed by atoms with Crippen molar-refractivity contribution >= 4 is 33.2 Å². The molecule has 2 amide bonds. The highest BCUT2D eigenvalue weighted by atomic mass is 32.2. The lowest BCUT2D eigenvalue weighted by Gasteiger charge is -2.33. The smallest absolute Gasteiger partial charge is 0.265 e. The van der Waals surface area contributed by atoms with E-state index in [1.165, 1.54) is 47.8 Å². The second kappa shape index (κ2) is 11.2. The van der Waals surface area contributed by atoms with Gasteiger partial charge in [-0.2, -0.15) is 4.31 Å². The third-order valence-electron chi connectivity index (χ3n) is 6.97. The van der Waals surface area contributed by atoms with E-state index in [1.54, 1.807) is 23.1 Å². The molecule has 0 spiro atoms. The van der Waals surface area contributed by atoms with E-state index < -0.39 is 10.0 Å². The highest BCUT2D eigenvalue weighted by molar-refractivity contribution is 7.89. The number of anilines is 2. The van der Waals surface area contributed by atoms with Crippen LogP contribution in [0.25, 0.3) is 0 Å². The minimum Gasteiger partial charge on any atom is -0.482 e. The molecule has 0 saturated carbocycles. The summed E-state index contributed by atoms with van der Waals surface area (Å²) >= 11 is 0. The fourth-order valence-corrected chi connectivity index (χ4v) is 6.27. The molecule has 2 fully saturated rings. The first kappa shape index (κ1) is 25.7. The molecule has 0 unspecified atom stereocenters. The van der Waals surface area contributed by atoms with Gasteiger partial charge in [-0.05, 0) is 68.4 Å². The van der Waals surface area contributed by atoms with Gasteiger partial charge in [-0.15, -0.1) is 0 Å². The molecule has 37 heavy (non-hydrogen) atoms. The summed E-state index contributed by atoms with van der Waals surface area (Å²) in [6.45, 7) is 4.81. The summed E-state index contributed by atoms with van der Waals surface area (Å²) in [5, 5.41) is 2.85. The Morgan fingerprint density at radius 1 is 0.919 bits per heavy atom. The van der Waals surface area contributed by atoms with E-state index in [4.69, 9.17) is 9.47 Å². The molecule has 0 aromatic heterocycles. The average molecular weight is 529 g/mol. The lowest BCUT2D eigenvalue weighted by molar-refractivity contribution is -0.121. The fourth-order valence-electron chi connectivity index (χ4n) is 4.87. The van der Waals surface area contributed by atoms with Crippen molar-refractivity contribution < 1.29 is 27.5 Å². The Balaban J connectivity index is 1.27. The Bertz CT molecular complexity index is 1240. The van der Waals surface area contributed by atoms with Gasteiger partial charge in [0.15, 0.2) is 6.61 Å². The molecule has 11 heteroatoms. The van der Waals surface area contributed by atoms with Crippen LogP contribution in [0.1, 0.15) is 29.6 Å². The van der Waals surface area contributed by atoms with E-state index in [0.717, 1.165) is 19.6 Å². The predicted molar refractivity (Wildman–Crippen MR) is 139 cm³/mol. The maximum atomic E-state index is 12.9. The minimum absolute atomic E-state index is 0.00157. The number of sulfonamides is 1. The number of likely N-dealkylation sites (tertiary alicyclic amines) is 1. The van der Waals surface area contributed by atoms with Crippen LogP contribution >= 0.6 is 0 Å². The third-order valence-corrected chi connectivity index (χ3v) is 8.89. The molecule has 2 saturated heterocycles. The molecule has 0 bridgehead atoms. The van der Waals surface area contributed by atoms with Crippen LogP contribution in [0.4, 0.5) is 11.4 Å². The van der Waals surface area contributed by atoms with Crippen LogP contribution in [0.15, 0.2) is 47.4 Å². The zero-order valence-corrected chi connectivity index (χ0v) is 21.5. The molecule has 2 aromatic carbocycles. The molecular formula is C26H32N4O6S. The van der Waals surface area contributed by atoms with E-state index >= 15 is 0 Å². The van der Waals surface area contributed by atoms with Gasteiger partial charge < -0.3 is 24.6 Å². The molecule has 0 radical (unpaired) electrons. The predicted octanol–water partition coefficient (Wildman–Crippen LogP) is 2.17. The number of amides is 2. The fraction of sp³-hybridized carbons (Fsp3) is 0.462. The maximum Gasteiger partial charge on any atom is 0.265 e. The van der Waals surface area contributed by atoms with Gasteiger partial charge in [0, 0.05) is 37.4 Å². The lowest BCUT2D eigenvalue weighted by atomic mass is 10.1. The minimum atomic E-state index is -3.63. The number of piperidine rings is 1. The molecule has 3 heterocycles. The van der Waals surface area contributed by atoms with E-state index in [0.29, 0.717) is 55.5 Å². The summed E-state index contributed by atoms with van der Waals surface area (Å²) < 4.78 is 37.9. The Morgan fingerprint density at radius 2 is 1.65 bits per heavy atom. The second-order valence-corrected chi connectivity index (χ2v) is 11.4. The summed E-state index contributed by atoms with van der Waals surface area (Å²) in [5.41, 5.74) is 1.49. The zero-order valence-electron chi connectivity index (χ0n) is 20.7. The number of ether oxygens (including phenoxy) is 2. The van der Waals surface area contributed by atoms with Gasteiger partial charge in [-0.3, -0.25) is 9.59 Å². The Morgan fingerprint density at radius 3 is 2.38 bits per heavy atom.